The number of hydrogen-bond acceptors (Lipinski definition) is 2. The molecule has 6 heteroatoms. The van der Waals surface area contributed by atoms with Crippen LogP contribution in [-0.2, 0) is 10.0 Å². The summed E-state index contributed by atoms with van der Waals surface area (Å²) in [6.07, 6.45) is 2.96. The topological polar surface area (TPSA) is 46.2 Å². The Hall–Kier alpha value is 0.0900. The molecule has 17 heavy (non-hydrogen) atoms. The van der Waals surface area contributed by atoms with E-state index < -0.39 is 10.0 Å². The fourth-order valence-corrected chi connectivity index (χ4v) is 5.18. The molecule has 0 heterocycles. The van der Waals surface area contributed by atoms with E-state index in [1.54, 1.807) is 24.3 Å². The second kappa shape index (κ2) is 5.38. The minimum atomic E-state index is -3.43. The standard InChI is InChI=1S/C11H13Br2NO2S/c12-8-5-3-6-10(8)14-17(15,16)11-7-2-1-4-9(11)13/h1-2,4,7-8,10,14H,3,5-6H2. The van der Waals surface area contributed by atoms with Crippen molar-refractivity contribution < 1.29 is 8.42 Å². The number of benzene rings is 1. The molecule has 1 fully saturated rings. The van der Waals surface area contributed by atoms with Crippen LogP contribution in [0.5, 0.6) is 0 Å². The third kappa shape index (κ3) is 3.10. The smallest absolute Gasteiger partial charge is 0.207 e. The molecule has 0 saturated heterocycles. The van der Waals surface area contributed by atoms with E-state index in [0.717, 1.165) is 19.3 Å². The first-order chi connectivity index (χ1) is 8.00. The van der Waals surface area contributed by atoms with E-state index in [9.17, 15) is 8.42 Å². The zero-order valence-corrected chi connectivity index (χ0v) is 13.1. The summed E-state index contributed by atoms with van der Waals surface area (Å²) in [6, 6.07) is 6.84. The Morgan fingerprint density at radius 3 is 2.53 bits per heavy atom. The van der Waals surface area contributed by atoms with Gasteiger partial charge in [0.25, 0.3) is 0 Å². The van der Waals surface area contributed by atoms with Crippen molar-refractivity contribution in [3.8, 4) is 0 Å². The fraction of sp³-hybridized carbons (Fsp3) is 0.455. The fourth-order valence-electron chi connectivity index (χ4n) is 1.97. The molecule has 0 bridgehead atoms. The lowest BCUT2D eigenvalue weighted by Gasteiger charge is -2.16. The monoisotopic (exact) mass is 381 g/mol. The molecule has 3 nitrogen and oxygen atoms in total. The maximum absolute atomic E-state index is 12.2. The summed E-state index contributed by atoms with van der Waals surface area (Å²) in [5.74, 6) is 0. The van der Waals surface area contributed by atoms with E-state index in [-0.39, 0.29) is 10.9 Å². The van der Waals surface area contributed by atoms with Crippen LogP contribution in [0.15, 0.2) is 33.6 Å². The van der Waals surface area contributed by atoms with Gasteiger partial charge < -0.3 is 0 Å². The van der Waals surface area contributed by atoms with E-state index in [0.29, 0.717) is 9.37 Å². The van der Waals surface area contributed by atoms with Gasteiger partial charge in [0.2, 0.25) is 10.0 Å². The van der Waals surface area contributed by atoms with Crippen molar-refractivity contribution in [2.24, 2.45) is 0 Å². The Balaban J connectivity index is 2.22. The van der Waals surface area contributed by atoms with Crippen LogP contribution in [0.2, 0.25) is 0 Å². The summed E-state index contributed by atoms with van der Waals surface area (Å²) in [5.41, 5.74) is 0. The predicted octanol–water partition coefficient (Wildman–Crippen LogP) is 3.04. The number of sulfonamides is 1. The number of nitrogens with one attached hydrogen (secondary N) is 1. The van der Waals surface area contributed by atoms with Gasteiger partial charge in [-0.15, -0.1) is 0 Å². The van der Waals surface area contributed by atoms with Gasteiger partial charge in [-0.1, -0.05) is 34.5 Å². The maximum Gasteiger partial charge on any atom is 0.241 e. The lowest BCUT2D eigenvalue weighted by molar-refractivity contribution is 0.556. The lowest BCUT2D eigenvalue weighted by atomic mass is 10.3. The number of halogens is 2. The molecule has 1 N–H and O–H groups in total. The van der Waals surface area contributed by atoms with Crippen LogP contribution in [0.3, 0.4) is 0 Å². The summed E-state index contributed by atoms with van der Waals surface area (Å²) < 4.78 is 27.7. The maximum atomic E-state index is 12.2. The highest BCUT2D eigenvalue weighted by Gasteiger charge is 2.30. The van der Waals surface area contributed by atoms with Crippen molar-refractivity contribution in [2.75, 3.05) is 0 Å². The van der Waals surface area contributed by atoms with Gasteiger partial charge in [0.05, 0.1) is 4.90 Å². The number of alkyl halides is 1. The van der Waals surface area contributed by atoms with Crippen molar-refractivity contribution in [3.63, 3.8) is 0 Å². The van der Waals surface area contributed by atoms with Gasteiger partial charge in [0, 0.05) is 15.3 Å². The molecule has 0 amide bonds. The summed E-state index contributed by atoms with van der Waals surface area (Å²) in [5, 5.41) is 0. The zero-order valence-electron chi connectivity index (χ0n) is 9.07. The van der Waals surface area contributed by atoms with Crippen molar-refractivity contribution in [1.29, 1.82) is 0 Å². The molecule has 94 valence electrons. The molecule has 0 spiro atoms. The molecule has 1 aromatic rings. The van der Waals surface area contributed by atoms with Gasteiger partial charge in [-0.2, -0.15) is 0 Å². The molecule has 0 radical (unpaired) electrons. The van der Waals surface area contributed by atoms with Gasteiger partial charge in [-0.25, -0.2) is 13.1 Å². The van der Waals surface area contributed by atoms with Crippen molar-refractivity contribution in [3.05, 3.63) is 28.7 Å². The Kier molecular flexibility index (Phi) is 4.28. The molecule has 1 aliphatic rings. The molecule has 1 aromatic carbocycles. The predicted molar refractivity (Wildman–Crippen MR) is 74.8 cm³/mol. The summed E-state index contributed by atoms with van der Waals surface area (Å²) in [7, 11) is -3.43. The quantitative estimate of drug-likeness (QED) is 0.816. The summed E-state index contributed by atoms with van der Waals surface area (Å²) in [6.45, 7) is 0. The molecular formula is C11H13Br2NO2S. The SMILES string of the molecule is O=S(=O)(NC1CCCC1Br)c1ccccc1Br. The number of hydrogen-bond donors (Lipinski definition) is 1. The molecule has 0 aliphatic heterocycles. The highest BCUT2D eigenvalue weighted by molar-refractivity contribution is 9.10. The van der Waals surface area contributed by atoms with Crippen LogP contribution in [0.25, 0.3) is 0 Å². The van der Waals surface area contributed by atoms with Gasteiger partial charge in [-0.05, 0) is 40.9 Å². The van der Waals surface area contributed by atoms with Crippen LogP contribution < -0.4 is 4.72 Å². The lowest BCUT2D eigenvalue weighted by Crippen LogP contribution is -2.37. The first kappa shape index (κ1) is 13.5. The van der Waals surface area contributed by atoms with Crippen molar-refractivity contribution >= 4 is 41.9 Å². The average Bonchev–Trinajstić information content (AvgIpc) is 2.64. The van der Waals surface area contributed by atoms with Crippen LogP contribution >= 0.6 is 31.9 Å². The summed E-state index contributed by atoms with van der Waals surface area (Å²) in [4.78, 5) is 0.534. The van der Waals surface area contributed by atoms with E-state index in [1.165, 1.54) is 0 Å². The Morgan fingerprint density at radius 1 is 1.24 bits per heavy atom. The number of rotatable bonds is 3. The Labute approximate surface area is 118 Å². The van der Waals surface area contributed by atoms with Crippen LogP contribution in [0, 0.1) is 0 Å². The average molecular weight is 383 g/mol. The van der Waals surface area contributed by atoms with Gasteiger partial charge >= 0.3 is 0 Å². The van der Waals surface area contributed by atoms with E-state index in [1.807, 2.05) is 0 Å². The van der Waals surface area contributed by atoms with Crippen LogP contribution in [0.4, 0.5) is 0 Å². The van der Waals surface area contributed by atoms with Gasteiger partial charge in [0.1, 0.15) is 0 Å². The van der Waals surface area contributed by atoms with Gasteiger partial charge in [-0.3, -0.25) is 0 Å². The van der Waals surface area contributed by atoms with Crippen LogP contribution in [-0.4, -0.2) is 19.3 Å². The van der Waals surface area contributed by atoms with Crippen LogP contribution in [0.1, 0.15) is 19.3 Å². The first-order valence-electron chi connectivity index (χ1n) is 5.41. The normalized spacial score (nSPS) is 25.1. The zero-order chi connectivity index (χ0) is 12.5. The van der Waals surface area contributed by atoms with E-state index >= 15 is 0 Å². The highest BCUT2D eigenvalue weighted by Crippen LogP contribution is 2.28. The minimum Gasteiger partial charge on any atom is -0.207 e. The molecule has 2 atom stereocenters. The minimum absolute atomic E-state index is 0.00731. The second-order valence-corrected chi connectivity index (χ2v) is 7.82. The molecular weight excluding hydrogens is 370 g/mol. The second-order valence-electron chi connectivity index (χ2n) is 4.11. The molecule has 1 saturated carbocycles. The van der Waals surface area contributed by atoms with Gasteiger partial charge in [0.15, 0.2) is 0 Å². The van der Waals surface area contributed by atoms with Crippen molar-refractivity contribution in [2.45, 2.75) is 35.0 Å². The highest BCUT2D eigenvalue weighted by atomic mass is 79.9. The largest absolute Gasteiger partial charge is 0.241 e. The Bertz CT molecular complexity index is 504. The first-order valence-corrected chi connectivity index (χ1v) is 8.61. The summed E-state index contributed by atoms with van der Waals surface area (Å²) >= 11 is 6.78. The third-order valence-corrected chi connectivity index (χ3v) is 6.46. The third-order valence-electron chi connectivity index (χ3n) is 2.86. The molecule has 2 unspecified atom stereocenters. The van der Waals surface area contributed by atoms with E-state index in [2.05, 4.69) is 36.6 Å². The molecule has 0 aromatic heterocycles. The van der Waals surface area contributed by atoms with E-state index in [4.69, 9.17) is 0 Å². The molecule has 1 aliphatic carbocycles. The Morgan fingerprint density at radius 2 is 1.94 bits per heavy atom. The molecule has 2 rings (SSSR count). The van der Waals surface area contributed by atoms with Crippen molar-refractivity contribution in [1.82, 2.24) is 4.72 Å².